The summed E-state index contributed by atoms with van der Waals surface area (Å²) in [6.45, 7) is 3.36. The molecule has 0 saturated heterocycles. The zero-order valence-electron chi connectivity index (χ0n) is 9.82. The van der Waals surface area contributed by atoms with E-state index in [1.807, 2.05) is 0 Å². The molecule has 16 heavy (non-hydrogen) atoms. The molecule has 0 amide bonds. The van der Waals surface area contributed by atoms with Crippen LogP contribution in [0.3, 0.4) is 0 Å². The minimum absolute atomic E-state index is 1.01. The smallest absolute Gasteiger partial charge is 0.198 e. The second-order valence-corrected chi connectivity index (χ2v) is 4.94. The molecule has 2 aromatic rings. The molecular formula is C15H18N+. The van der Waals surface area contributed by atoms with Gasteiger partial charge in [0.1, 0.15) is 6.54 Å². The third-order valence-electron chi connectivity index (χ3n) is 3.62. The van der Waals surface area contributed by atoms with E-state index in [9.17, 15) is 0 Å². The summed E-state index contributed by atoms with van der Waals surface area (Å²) in [6.07, 6.45) is 6.48. The van der Waals surface area contributed by atoms with Gasteiger partial charge in [0.05, 0.1) is 0 Å². The molecule has 0 radical (unpaired) electrons. The minimum atomic E-state index is 1.01. The van der Waals surface area contributed by atoms with Crippen molar-refractivity contribution < 1.29 is 4.57 Å². The van der Waals surface area contributed by atoms with Gasteiger partial charge in [-0.25, -0.2) is 0 Å². The number of aryl methyl sites for hydroxylation is 2. The van der Waals surface area contributed by atoms with Crippen molar-refractivity contribution in [2.45, 2.75) is 32.7 Å². The van der Waals surface area contributed by atoms with Gasteiger partial charge in [-0.2, -0.15) is 4.57 Å². The molecule has 1 nitrogen and oxygen atoms in total. The Balaban J connectivity index is 1.99. The van der Waals surface area contributed by atoms with E-state index in [4.69, 9.17) is 0 Å². The maximum absolute atomic E-state index is 2.40. The summed E-state index contributed by atoms with van der Waals surface area (Å²) in [6, 6.07) is 10.9. The number of aromatic nitrogens is 1. The Morgan fingerprint density at radius 3 is 2.81 bits per heavy atom. The lowest BCUT2D eigenvalue weighted by Crippen LogP contribution is -2.34. The summed E-state index contributed by atoms with van der Waals surface area (Å²) in [7, 11) is 0. The van der Waals surface area contributed by atoms with Gasteiger partial charge in [0.2, 0.25) is 5.52 Å². The van der Waals surface area contributed by atoms with E-state index in [1.165, 1.54) is 42.3 Å². The van der Waals surface area contributed by atoms with Gasteiger partial charge in [0, 0.05) is 23.9 Å². The number of pyridine rings is 1. The highest BCUT2D eigenvalue weighted by molar-refractivity contribution is 5.78. The van der Waals surface area contributed by atoms with Crippen LogP contribution in [0.1, 0.15) is 24.8 Å². The molecule has 0 unspecified atom stereocenters. The van der Waals surface area contributed by atoms with Gasteiger partial charge >= 0.3 is 0 Å². The molecule has 0 bridgehead atoms. The van der Waals surface area contributed by atoms with E-state index >= 15 is 0 Å². The third kappa shape index (κ3) is 1.82. The Morgan fingerprint density at radius 2 is 2.00 bits per heavy atom. The van der Waals surface area contributed by atoms with Gasteiger partial charge in [-0.3, -0.25) is 0 Å². The van der Waals surface area contributed by atoms with Crippen LogP contribution in [0.4, 0.5) is 0 Å². The van der Waals surface area contributed by atoms with Crippen LogP contribution in [0.5, 0.6) is 0 Å². The Labute approximate surface area is 96.7 Å². The van der Waals surface area contributed by atoms with Gasteiger partial charge in [-0.1, -0.05) is 12.1 Å². The molecule has 1 aromatic carbocycles. The Morgan fingerprint density at radius 1 is 1.19 bits per heavy atom. The topological polar surface area (TPSA) is 3.88 Å². The van der Waals surface area contributed by atoms with Crippen molar-refractivity contribution in [3.05, 3.63) is 42.1 Å². The van der Waals surface area contributed by atoms with Crippen molar-refractivity contribution in [2.75, 3.05) is 0 Å². The average Bonchev–Trinajstić information content (AvgIpc) is 3.13. The van der Waals surface area contributed by atoms with Crippen molar-refractivity contribution in [2.24, 2.45) is 5.92 Å². The third-order valence-corrected chi connectivity index (χ3v) is 3.62. The highest BCUT2D eigenvalue weighted by Crippen LogP contribution is 2.32. The second-order valence-electron chi connectivity index (χ2n) is 4.94. The summed E-state index contributed by atoms with van der Waals surface area (Å²) < 4.78 is 2.40. The molecular weight excluding hydrogens is 194 g/mol. The fraction of sp³-hybridized carbons (Fsp3) is 0.400. The highest BCUT2D eigenvalue weighted by atomic mass is 14.9. The molecule has 0 aliphatic heterocycles. The maximum atomic E-state index is 2.40. The number of rotatable bonds is 3. The summed E-state index contributed by atoms with van der Waals surface area (Å²) >= 11 is 0. The van der Waals surface area contributed by atoms with E-state index in [2.05, 4.69) is 48.0 Å². The molecule has 1 fully saturated rings. The molecule has 82 valence electrons. The summed E-state index contributed by atoms with van der Waals surface area (Å²) in [5.41, 5.74) is 2.75. The van der Waals surface area contributed by atoms with E-state index < -0.39 is 0 Å². The number of hydrogen-bond acceptors (Lipinski definition) is 0. The fourth-order valence-electron chi connectivity index (χ4n) is 2.35. The predicted octanol–water partition coefficient (Wildman–Crippen LogP) is 3.24. The minimum Gasteiger partial charge on any atom is -0.198 e. The van der Waals surface area contributed by atoms with Gasteiger partial charge < -0.3 is 0 Å². The van der Waals surface area contributed by atoms with E-state index in [0.717, 1.165) is 5.92 Å². The Kier molecular flexibility index (Phi) is 2.39. The molecule has 1 heteroatoms. The van der Waals surface area contributed by atoms with Crippen LogP contribution in [-0.2, 0) is 6.54 Å². The number of fused-ring (bicyclic) bond motifs is 1. The quantitative estimate of drug-likeness (QED) is 0.688. The van der Waals surface area contributed by atoms with Crippen molar-refractivity contribution in [1.82, 2.24) is 0 Å². The molecule has 1 aliphatic carbocycles. The lowest BCUT2D eigenvalue weighted by molar-refractivity contribution is -0.672. The van der Waals surface area contributed by atoms with Gasteiger partial charge in [-0.05, 0) is 37.3 Å². The molecule has 1 saturated carbocycles. The molecule has 0 atom stereocenters. The lowest BCUT2D eigenvalue weighted by Gasteiger charge is -2.03. The van der Waals surface area contributed by atoms with Crippen molar-refractivity contribution in [3.63, 3.8) is 0 Å². The van der Waals surface area contributed by atoms with Crippen molar-refractivity contribution in [1.29, 1.82) is 0 Å². The van der Waals surface area contributed by atoms with Crippen LogP contribution in [0.2, 0.25) is 0 Å². The zero-order chi connectivity index (χ0) is 11.0. The van der Waals surface area contributed by atoms with Gasteiger partial charge in [0.15, 0.2) is 6.20 Å². The van der Waals surface area contributed by atoms with Crippen LogP contribution in [0.25, 0.3) is 10.9 Å². The van der Waals surface area contributed by atoms with E-state index in [1.54, 1.807) is 0 Å². The SMILES string of the molecule is Cc1cc[n+](CCC2CC2)c2ccccc12. The molecule has 1 heterocycles. The first kappa shape index (κ1) is 9.83. The van der Waals surface area contributed by atoms with Crippen LogP contribution in [0.15, 0.2) is 36.5 Å². The lowest BCUT2D eigenvalue weighted by atomic mass is 10.1. The van der Waals surface area contributed by atoms with Crippen LogP contribution in [-0.4, -0.2) is 0 Å². The van der Waals surface area contributed by atoms with Crippen LogP contribution in [0, 0.1) is 12.8 Å². The summed E-state index contributed by atoms with van der Waals surface area (Å²) in [5.74, 6) is 1.01. The van der Waals surface area contributed by atoms with E-state index in [-0.39, 0.29) is 0 Å². The molecule has 0 spiro atoms. The number of hydrogen-bond donors (Lipinski definition) is 0. The highest BCUT2D eigenvalue weighted by Gasteiger charge is 2.23. The first-order valence-electron chi connectivity index (χ1n) is 6.22. The number of para-hydroxylation sites is 1. The van der Waals surface area contributed by atoms with Crippen molar-refractivity contribution >= 4 is 10.9 Å². The molecule has 1 aromatic heterocycles. The zero-order valence-corrected chi connectivity index (χ0v) is 9.82. The second kappa shape index (κ2) is 3.89. The van der Waals surface area contributed by atoms with Crippen LogP contribution < -0.4 is 4.57 Å². The van der Waals surface area contributed by atoms with E-state index in [0.29, 0.717) is 0 Å². The number of benzene rings is 1. The van der Waals surface area contributed by atoms with Gasteiger partial charge in [0.25, 0.3) is 0 Å². The summed E-state index contributed by atoms with van der Waals surface area (Å²) in [5, 5.41) is 1.39. The molecule has 1 aliphatic rings. The Hall–Kier alpha value is -1.37. The monoisotopic (exact) mass is 212 g/mol. The molecule has 0 N–H and O–H groups in total. The predicted molar refractivity (Wildman–Crippen MR) is 66.2 cm³/mol. The number of nitrogens with zero attached hydrogens (tertiary/aromatic N) is 1. The normalized spacial score (nSPS) is 15.6. The maximum Gasteiger partial charge on any atom is 0.212 e. The molecule has 3 rings (SSSR count). The average molecular weight is 212 g/mol. The van der Waals surface area contributed by atoms with Crippen molar-refractivity contribution in [3.8, 4) is 0 Å². The standard InChI is InChI=1S/C15H18N/c1-12-8-10-16(11-9-13-6-7-13)15-5-3-2-4-14(12)15/h2-5,8,10,13H,6-7,9,11H2,1H3/q+1. The summed E-state index contributed by atoms with van der Waals surface area (Å²) in [4.78, 5) is 0. The first-order valence-corrected chi connectivity index (χ1v) is 6.22. The fourth-order valence-corrected chi connectivity index (χ4v) is 2.35. The first-order chi connectivity index (χ1) is 7.84. The van der Waals surface area contributed by atoms with Gasteiger partial charge in [-0.15, -0.1) is 0 Å². The largest absolute Gasteiger partial charge is 0.212 e. The Bertz CT molecular complexity index is 512. The van der Waals surface area contributed by atoms with Crippen LogP contribution >= 0.6 is 0 Å².